The van der Waals surface area contributed by atoms with Crippen molar-refractivity contribution in [1.29, 1.82) is 0 Å². The zero-order chi connectivity index (χ0) is 18.2. The fourth-order valence-corrected chi connectivity index (χ4v) is 4.13. The molecule has 1 fully saturated rings. The third-order valence-electron chi connectivity index (χ3n) is 4.41. The van der Waals surface area contributed by atoms with Crippen molar-refractivity contribution in [2.45, 2.75) is 24.2 Å². The van der Waals surface area contributed by atoms with E-state index in [9.17, 15) is 8.42 Å². The van der Waals surface area contributed by atoms with Gasteiger partial charge in [-0.15, -0.1) is 0 Å². The maximum Gasteiger partial charge on any atom is 0.198 e. The highest BCUT2D eigenvalue weighted by Gasteiger charge is 2.17. The molecule has 1 aliphatic rings. The number of guanidine groups is 1. The number of aliphatic imine (C=N–C) groups is 1. The van der Waals surface area contributed by atoms with Crippen LogP contribution < -0.4 is 5.32 Å². The summed E-state index contributed by atoms with van der Waals surface area (Å²) in [5.74, 6) is 0.768. The third kappa shape index (κ3) is 5.08. The van der Waals surface area contributed by atoms with Crippen molar-refractivity contribution in [1.82, 2.24) is 4.90 Å². The van der Waals surface area contributed by atoms with Gasteiger partial charge in [-0.05, 0) is 43.5 Å². The first-order valence-electron chi connectivity index (χ1n) is 9.04. The monoisotopic (exact) mass is 371 g/mol. The number of nitrogens with zero attached hydrogens (tertiary/aromatic N) is 2. The minimum absolute atomic E-state index is 0.00478. The minimum atomic E-state index is -3.31. The van der Waals surface area contributed by atoms with Crippen LogP contribution in [0.25, 0.3) is 0 Å². The summed E-state index contributed by atoms with van der Waals surface area (Å²) in [6.45, 7) is 2.14. The molecule has 0 radical (unpaired) electrons. The first-order chi connectivity index (χ1) is 12.6. The average Bonchev–Trinajstić information content (AvgIpc) is 2.69. The van der Waals surface area contributed by atoms with Gasteiger partial charge in [0.25, 0.3) is 0 Å². The summed E-state index contributed by atoms with van der Waals surface area (Å²) >= 11 is 0. The van der Waals surface area contributed by atoms with Gasteiger partial charge in [0.15, 0.2) is 15.8 Å². The molecule has 5 nitrogen and oxygen atoms in total. The summed E-state index contributed by atoms with van der Waals surface area (Å²) in [6, 6.07) is 18.4. The number of sulfone groups is 1. The van der Waals surface area contributed by atoms with Gasteiger partial charge in [0, 0.05) is 18.8 Å². The molecule has 0 spiro atoms. The molecule has 0 bridgehead atoms. The Morgan fingerprint density at radius 1 is 0.923 bits per heavy atom. The van der Waals surface area contributed by atoms with E-state index < -0.39 is 9.84 Å². The second kappa shape index (κ2) is 8.85. The molecule has 0 unspecified atom stereocenters. The number of para-hydroxylation sites is 1. The van der Waals surface area contributed by atoms with Gasteiger partial charge in [0.2, 0.25) is 0 Å². The van der Waals surface area contributed by atoms with E-state index in [1.165, 1.54) is 6.42 Å². The first kappa shape index (κ1) is 18.5. The standard InChI is InChI=1S/C20H25N3O2S/c24-26(25,19-12-6-2-7-13-19)17-14-21-20(23-15-8-3-9-16-23)22-18-10-4-1-5-11-18/h1-2,4-7,10-13H,3,8-9,14-17H2,(H,21,22). The Morgan fingerprint density at radius 2 is 1.54 bits per heavy atom. The van der Waals surface area contributed by atoms with Crippen molar-refractivity contribution < 1.29 is 8.42 Å². The van der Waals surface area contributed by atoms with E-state index in [0.717, 1.165) is 37.6 Å². The van der Waals surface area contributed by atoms with Crippen LogP contribution >= 0.6 is 0 Å². The van der Waals surface area contributed by atoms with Crippen molar-refractivity contribution in [3.8, 4) is 0 Å². The van der Waals surface area contributed by atoms with Gasteiger partial charge in [-0.25, -0.2) is 8.42 Å². The predicted octanol–water partition coefficient (Wildman–Crippen LogP) is 3.41. The summed E-state index contributed by atoms with van der Waals surface area (Å²) in [4.78, 5) is 7.17. The number of likely N-dealkylation sites (tertiary alicyclic amines) is 1. The molecule has 6 heteroatoms. The Hall–Kier alpha value is -2.34. The molecule has 1 heterocycles. The summed E-state index contributed by atoms with van der Waals surface area (Å²) in [7, 11) is -3.31. The summed E-state index contributed by atoms with van der Waals surface area (Å²) in [5, 5.41) is 3.36. The first-order valence-corrected chi connectivity index (χ1v) is 10.7. The Morgan fingerprint density at radius 3 is 2.19 bits per heavy atom. The zero-order valence-corrected chi connectivity index (χ0v) is 15.7. The molecule has 0 saturated carbocycles. The van der Waals surface area contributed by atoms with Crippen molar-refractivity contribution in [2.75, 3.05) is 30.7 Å². The zero-order valence-electron chi connectivity index (χ0n) is 14.8. The number of hydrogen-bond donors (Lipinski definition) is 1. The SMILES string of the molecule is O=S(=O)(CCN=C(Nc1ccccc1)N1CCCCC1)c1ccccc1. The number of rotatable bonds is 5. The van der Waals surface area contributed by atoms with Gasteiger partial charge in [-0.1, -0.05) is 36.4 Å². The topological polar surface area (TPSA) is 61.8 Å². The Labute approximate surface area is 155 Å². The Bertz CT molecular complexity index is 815. The molecule has 2 aromatic carbocycles. The molecule has 0 aromatic heterocycles. The second-order valence-corrected chi connectivity index (χ2v) is 8.49. The molecular weight excluding hydrogens is 346 g/mol. The highest BCUT2D eigenvalue weighted by atomic mass is 32.2. The summed E-state index contributed by atoms with van der Waals surface area (Å²) < 4.78 is 24.9. The number of piperidine rings is 1. The summed E-state index contributed by atoms with van der Waals surface area (Å²) in [5.41, 5.74) is 0.961. The normalized spacial score (nSPS) is 15.7. The van der Waals surface area contributed by atoms with E-state index in [4.69, 9.17) is 0 Å². The lowest BCUT2D eigenvalue weighted by Gasteiger charge is -2.30. The van der Waals surface area contributed by atoms with Crippen LogP contribution in [0.5, 0.6) is 0 Å². The minimum Gasteiger partial charge on any atom is -0.343 e. The average molecular weight is 372 g/mol. The van der Waals surface area contributed by atoms with Crippen molar-refractivity contribution in [2.24, 2.45) is 4.99 Å². The fraction of sp³-hybridized carbons (Fsp3) is 0.350. The number of hydrogen-bond acceptors (Lipinski definition) is 3. The largest absolute Gasteiger partial charge is 0.343 e. The predicted molar refractivity (Wildman–Crippen MR) is 106 cm³/mol. The molecule has 1 saturated heterocycles. The van der Waals surface area contributed by atoms with E-state index in [-0.39, 0.29) is 12.3 Å². The lowest BCUT2D eigenvalue weighted by molar-refractivity contribution is 0.340. The second-order valence-electron chi connectivity index (χ2n) is 6.38. The van der Waals surface area contributed by atoms with Gasteiger partial charge in [-0.2, -0.15) is 0 Å². The van der Waals surface area contributed by atoms with Crippen LogP contribution in [-0.4, -0.2) is 44.7 Å². The molecule has 0 atom stereocenters. The van der Waals surface area contributed by atoms with Crippen LogP contribution in [0.3, 0.4) is 0 Å². The molecule has 1 N–H and O–H groups in total. The van der Waals surface area contributed by atoms with Crippen LogP contribution in [0.4, 0.5) is 5.69 Å². The Balaban J connectivity index is 1.71. The van der Waals surface area contributed by atoms with Crippen molar-refractivity contribution in [3.63, 3.8) is 0 Å². The maximum atomic E-state index is 12.4. The molecule has 1 aliphatic heterocycles. The number of benzene rings is 2. The molecule has 0 amide bonds. The van der Waals surface area contributed by atoms with E-state index >= 15 is 0 Å². The molecule has 2 aromatic rings. The van der Waals surface area contributed by atoms with E-state index in [2.05, 4.69) is 15.2 Å². The van der Waals surface area contributed by atoms with Gasteiger partial charge in [-0.3, -0.25) is 4.99 Å². The molecular formula is C20H25N3O2S. The molecule has 3 rings (SSSR count). The van der Waals surface area contributed by atoms with Gasteiger partial charge in [0.05, 0.1) is 17.2 Å². The van der Waals surface area contributed by atoms with E-state index in [0.29, 0.717) is 4.90 Å². The number of anilines is 1. The Kier molecular flexibility index (Phi) is 6.28. The highest BCUT2D eigenvalue weighted by molar-refractivity contribution is 7.91. The smallest absolute Gasteiger partial charge is 0.198 e. The molecule has 26 heavy (non-hydrogen) atoms. The van der Waals surface area contributed by atoms with Crippen molar-refractivity contribution >= 4 is 21.5 Å². The van der Waals surface area contributed by atoms with Gasteiger partial charge in [0.1, 0.15) is 0 Å². The molecule has 0 aliphatic carbocycles. The van der Waals surface area contributed by atoms with Crippen LogP contribution in [-0.2, 0) is 9.84 Å². The van der Waals surface area contributed by atoms with Crippen molar-refractivity contribution in [3.05, 3.63) is 60.7 Å². The van der Waals surface area contributed by atoms with Gasteiger partial charge >= 0.3 is 0 Å². The molecule has 138 valence electrons. The lowest BCUT2D eigenvalue weighted by atomic mass is 10.1. The lowest BCUT2D eigenvalue weighted by Crippen LogP contribution is -2.40. The third-order valence-corrected chi connectivity index (χ3v) is 6.12. The van der Waals surface area contributed by atoms with Crippen LogP contribution in [0, 0.1) is 0 Å². The van der Waals surface area contributed by atoms with Gasteiger partial charge < -0.3 is 10.2 Å². The maximum absolute atomic E-state index is 12.4. The van der Waals surface area contributed by atoms with E-state index in [1.807, 2.05) is 36.4 Å². The summed E-state index contributed by atoms with van der Waals surface area (Å²) in [6.07, 6.45) is 3.51. The van der Waals surface area contributed by atoms with Crippen LogP contribution in [0.2, 0.25) is 0 Å². The highest BCUT2D eigenvalue weighted by Crippen LogP contribution is 2.14. The van der Waals surface area contributed by atoms with E-state index in [1.54, 1.807) is 24.3 Å². The van der Waals surface area contributed by atoms with Crippen LogP contribution in [0.1, 0.15) is 19.3 Å². The fourth-order valence-electron chi connectivity index (χ4n) is 2.99. The number of nitrogens with one attached hydrogen (secondary N) is 1. The quantitative estimate of drug-likeness (QED) is 0.646. The van der Waals surface area contributed by atoms with Crippen LogP contribution in [0.15, 0.2) is 70.6 Å².